The van der Waals surface area contributed by atoms with E-state index in [9.17, 15) is 0 Å². The van der Waals surface area contributed by atoms with E-state index in [4.69, 9.17) is 9.47 Å². The second kappa shape index (κ2) is 7.65. The van der Waals surface area contributed by atoms with Gasteiger partial charge in [0.1, 0.15) is 12.4 Å². The van der Waals surface area contributed by atoms with Crippen LogP contribution in [-0.4, -0.2) is 32.4 Å². The summed E-state index contributed by atoms with van der Waals surface area (Å²) in [7, 11) is 2.03. The van der Waals surface area contributed by atoms with E-state index in [1.54, 1.807) is 0 Å². The first-order valence-electron chi connectivity index (χ1n) is 7.67. The highest BCUT2D eigenvalue weighted by molar-refractivity contribution is 5.20. The van der Waals surface area contributed by atoms with Crippen LogP contribution in [0.1, 0.15) is 26.7 Å². The number of ether oxygens (including phenoxy) is 2. The highest BCUT2D eigenvalue weighted by Gasteiger charge is 2.33. The molecule has 0 aromatic heterocycles. The maximum absolute atomic E-state index is 6.08. The molecule has 0 aliphatic heterocycles. The molecule has 0 radical (unpaired) electrons. The minimum Gasteiger partial charge on any atom is -0.491 e. The Bertz CT molecular complexity index is 382. The largest absolute Gasteiger partial charge is 0.491 e. The third-order valence-electron chi connectivity index (χ3n) is 4.16. The second-order valence-electron chi connectivity index (χ2n) is 5.95. The van der Waals surface area contributed by atoms with E-state index in [2.05, 4.69) is 19.2 Å². The summed E-state index contributed by atoms with van der Waals surface area (Å²) in [6.07, 6.45) is 2.75. The lowest BCUT2D eigenvalue weighted by Gasteiger charge is -2.39. The van der Waals surface area contributed by atoms with Crippen molar-refractivity contribution in [1.82, 2.24) is 5.32 Å². The molecule has 0 bridgehead atoms. The molecule has 1 aliphatic rings. The smallest absolute Gasteiger partial charge is 0.119 e. The number of hydrogen-bond donors (Lipinski definition) is 1. The predicted molar refractivity (Wildman–Crippen MR) is 82.1 cm³/mol. The molecule has 4 unspecified atom stereocenters. The van der Waals surface area contributed by atoms with Crippen LogP contribution in [-0.2, 0) is 4.74 Å². The van der Waals surface area contributed by atoms with Crippen LogP contribution in [0.25, 0.3) is 0 Å². The zero-order chi connectivity index (χ0) is 14.4. The van der Waals surface area contributed by atoms with Crippen molar-refractivity contribution < 1.29 is 9.47 Å². The molecule has 3 heteroatoms. The molecule has 1 saturated carbocycles. The fourth-order valence-corrected chi connectivity index (χ4v) is 3.25. The van der Waals surface area contributed by atoms with Crippen molar-refractivity contribution in [2.45, 2.75) is 38.8 Å². The zero-order valence-electron chi connectivity index (χ0n) is 12.8. The number of nitrogens with one attached hydrogen (secondary N) is 1. The lowest BCUT2D eigenvalue weighted by Crippen LogP contribution is -2.48. The first-order valence-corrected chi connectivity index (χ1v) is 7.67. The number of hydrogen-bond acceptors (Lipinski definition) is 3. The summed E-state index contributed by atoms with van der Waals surface area (Å²) < 4.78 is 11.8. The second-order valence-corrected chi connectivity index (χ2v) is 5.95. The van der Waals surface area contributed by atoms with Crippen LogP contribution in [0.3, 0.4) is 0 Å². The Morgan fingerprint density at radius 2 is 1.85 bits per heavy atom. The summed E-state index contributed by atoms with van der Waals surface area (Å²) in [5, 5.41) is 3.41. The fourth-order valence-electron chi connectivity index (χ4n) is 3.25. The number of para-hydroxylation sites is 1. The van der Waals surface area contributed by atoms with Gasteiger partial charge in [0.15, 0.2) is 0 Å². The molecule has 4 atom stereocenters. The van der Waals surface area contributed by atoms with E-state index in [0.29, 0.717) is 31.3 Å². The number of likely N-dealkylation sites (N-methyl/N-ethyl adjacent to an activating group) is 1. The van der Waals surface area contributed by atoms with Crippen LogP contribution < -0.4 is 10.1 Å². The van der Waals surface area contributed by atoms with E-state index < -0.39 is 0 Å². The normalized spacial score (nSPS) is 30.1. The van der Waals surface area contributed by atoms with Crippen LogP contribution in [0.4, 0.5) is 0 Å². The minimum absolute atomic E-state index is 0.301. The van der Waals surface area contributed by atoms with Crippen LogP contribution in [0.5, 0.6) is 5.75 Å². The Hall–Kier alpha value is -1.06. The Morgan fingerprint density at radius 1 is 1.10 bits per heavy atom. The van der Waals surface area contributed by atoms with Gasteiger partial charge >= 0.3 is 0 Å². The van der Waals surface area contributed by atoms with Gasteiger partial charge in [-0.25, -0.2) is 0 Å². The van der Waals surface area contributed by atoms with E-state index in [0.717, 1.165) is 11.7 Å². The number of benzene rings is 1. The molecule has 0 amide bonds. The Labute approximate surface area is 122 Å². The summed E-state index contributed by atoms with van der Waals surface area (Å²) in [6.45, 7) is 5.88. The third-order valence-corrected chi connectivity index (χ3v) is 4.16. The molecule has 0 heterocycles. The molecule has 112 valence electrons. The fraction of sp³-hybridized carbons (Fsp3) is 0.647. The third kappa shape index (κ3) is 4.22. The highest BCUT2D eigenvalue weighted by atomic mass is 16.5. The summed E-state index contributed by atoms with van der Waals surface area (Å²) >= 11 is 0. The van der Waals surface area contributed by atoms with Gasteiger partial charge < -0.3 is 14.8 Å². The van der Waals surface area contributed by atoms with Gasteiger partial charge in [-0.15, -0.1) is 0 Å². The lowest BCUT2D eigenvalue weighted by atomic mass is 9.78. The standard InChI is InChI=1S/C17H27NO2/c1-13-11-14(2)17(16(12-13)18-3)20-10-9-19-15-7-5-4-6-8-15/h4-8,13-14,16-18H,9-12H2,1-3H3. The average Bonchev–Trinajstić information content (AvgIpc) is 2.45. The SMILES string of the molecule is CNC1CC(C)CC(C)C1OCCOc1ccccc1. The van der Waals surface area contributed by atoms with Crippen LogP contribution >= 0.6 is 0 Å². The average molecular weight is 277 g/mol. The highest BCUT2D eigenvalue weighted by Crippen LogP contribution is 2.30. The first-order chi connectivity index (χ1) is 9.70. The quantitative estimate of drug-likeness (QED) is 0.811. The van der Waals surface area contributed by atoms with Crippen LogP contribution in [0.2, 0.25) is 0 Å². The van der Waals surface area contributed by atoms with Gasteiger partial charge in [-0.2, -0.15) is 0 Å². The molecule has 3 nitrogen and oxygen atoms in total. The molecule has 1 aliphatic carbocycles. The molecule has 2 rings (SSSR count). The van der Waals surface area contributed by atoms with E-state index in [1.807, 2.05) is 37.4 Å². The van der Waals surface area contributed by atoms with Gasteiger partial charge in [0.05, 0.1) is 12.7 Å². The van der Waals surface area contributed by atoms with Crippen molar-refractivity contribution in [3.8, 4) is 5.75 Å². The molecular weight excluding hydrogens is 250 g/mol. The van der Waals surface area contributed by atoms with Crippen LogP contribution in [0, 0.1) is 11.8 Å². The van der Waals surface area contributed by atoms with Gasteiger partial charge in [0, 0.05) is 6.04 Å². The molecule has 20 heavy (non-hydrogen) atoms. The summed E-state index contributed by atoms with van der Waals surface area (Å²) in [4.78, 5) is 0. The Morgan fingerprint density at radius 3 is 2.55 bits per heavy atom. The van der Waals surface area contributed by atoms with Gasteiger partial charge in [-0.1, -0.05) is 32.0 Å². The van der Waals surface area contributed by atoms with Crippen molar-refractivity contribution in [2.24, 2.45) is 11.8 Å². The Kier molecular flexibility index (Phi) is 5.86. The van der Waals surface area contributed by atoms with Crippen molar-refractivity contribution in [1.29, 1.82) is 0 Å². The number of rotatable bonds is 6. The molecule has 1 fully saturated rings. The predicted octanol–water partition coefficient (Wildman–Crippen LogP) is 3.10. The van der Waals surface area contributed by atoms with E-state index in [-0.39, 0.29) is 0 Å². The van der Waals surface area contributed by atoms with Crippen molar-refractivity contribution in [3.05, 3.63) is 30.3 Å². The monoisotopic (exact) mass is 277 g/mol. The van der Waals surface area contributed by atoms with Crippen molar-refractivity contribution in [2.75, 3.05) is 20.3 Å². The van der Waals surface area contributed by atoms with Gasteiger partial charge in [-0.3, -0.25) is 0 Å². The first kappa shape index (κ1) is 15.3. The topological polar surface area (TPSA) is 30.5 Å². The molecule has 0 spiro atoms. The van der Waals surface area contributed by atoms with Crippen molar-refractivity contribution >= 4 is 0 Å². The van der Waals surface area contributed by atoms with Gasteiger partial charge in [0.2, 0.25) is 0 Å². The molecule has 1 N–H and O–H groups in total. The maximum Gasteiger partial charge on any atom is 0.119 e. The van der Waals surface area contributed by atoms with Gasteiger partial charge in [0.25, 0.3) is 0 Å². The Balaban J connectivity index is 1.74. The summed E-state index contributed by atoms with van der Waals surface area (Å²) in [5.74, 6) is 2.29. The van der Waals surface area contributed by atoms with Crippen LogP contribution in [0.15, 0.2) is 30.3 Å². The van der Waals surface area contributed by atoms with E-state index >= 15 is 0 Å². The molecule has 1 aromatic rings. The zero-order valence-corrected chi connectivity index (χ0v) is 12.8. The summed E-state index contributed by atoms with van der Waals surface area (Å²) in [6, 6.07) is 10.4. The maximum atomic E-state index is 6.08. The van der Waals surface area contributed by atoms with Gasteiger partial charge in [-0.05, 0) is 43.9 Å². The molecule has 1 aromatic carbocycles. The molecule has 0 saturated heterocycles. The van der Waals surface area contributed by atoms with E-state index in [1.165, 1.54) is 12.8 Å². The molecular formula is C17H27NO2. The van der Waals surface area contributed by atoms with Crippen molar-refractivity contribution in [3.63, 3.8) is 0 Å². The minimum atomic E-state index is 0.301. The lowest BCUT2D eigenvalue weighted by molar-refractivity contribution is -0.0445. The summed E-state index contributed by atoms with van der Waals surface area (Å²) in [5.41, 5.74) is 0.